The second-order valence-electron chi connectivity index (χ2n) is 5.26. The predicted octanol–water partition coefficient (Wildman–Crippen LogP) is 4.15. The smallest absolute Gasteiger partial charge is 0.174 e. The van der Waals surface area contributed by atoms with Crippen molar-refractivity contribution in [1.29, 1.82) is 0 Å². The van der Waals surface area contributed by atoms with Gasteiger partial charge in [-0.3, -0.25) is 0 Å². The highest BCUT2D eigenvalue weighted by molar-refractivity contribution is 6.32. The Morgan fingerprint density at radius 1 is 1.21 bits per heavy atom. The molecule has 1 unspecified atom stereocenters. The highest BCUT2D eigenvalue weighted by Gasteiger charge is 2.29. The minimum atomic E-state index is -0.673. The molecule has 3 nitrogen and oxygen atoms in total. The molecule has 1 saturated heterocycles. The van der Waals surface area contributed by atoms with E-state index in [-0.39, 0.29) is 35.1 Å². The molecule has 0 amide bonds. The molecule has 2 atom stereocenters. The van der Waals surface area contributed by atoms with Crippen LogP contribution < -0.4 is 10.1 Å². The lowest BCUT2D eigenvalue weighted by Gasteiger charge is -2.32. The lowest BCUT2D eigenvalue weighted by atomic mass is 10.0. The SMILES string of the molecule is Cl.Fc1cccc(C(Oc2c(F)cccc2Cl)[C@@H]2CNCCO2)c1. The molecule has 3 rings (SSSR count). The number of hydrogen-bond acceptors (Lipinski definition) is 3. The summed E-state index contributed by atoms with van der Waals surface area (Å²) in [5.41, 5.74) is 0.568. The third-order valence-electron chi connectivity index (χ3n) is 3.63. The van der Waals surface area contributed by atoms with Crippen molar-refractivity contribution >= 4 is 24.0 Å². The summed E-state index contributed by atoms with van der Waals surface area (Å²) < 4.78 is 39.1. The number of ether oxygens (including phenoxy) is 2. The fourth-order valence-electron chi connectivity index (χ4n) is 2.54. The molecule has 0 spiro atoms. The molecule has 7 heteroatoms. The number of nitrogens with one attached hydrogen (secondary N) is 1. The summed E-state index contributed by atoms with van der Waals surface area (Å²) in [7, 11) is 0. The molecule has 0 radical (unpaired) electrons. The largest absolute Gasteiger partial charge is 0.478 e. The van der Waals surface area contributed by atoms with E-state index in [2.05, 4.69) is 5.32 Å². The fourth-order valence-corrected chi connectivity index (χ4v) is 2.75. The first kappa shape index (κ1) is 18.9. The zero-order valence-electron chi connectivity index (χ0n) is 12.7. The monoisotopic (exact) mass is 375 g/mol. The third-order valence-corrected chi connectivity index (χ3v) is 3.93. The molecule has 2 aromatic carbocycles. The number of halogens is 4. The summed E-state index contributed by atoms with van der Waals surface area (Å²) in [6, 6.07) is 10.3. The van der Waals surface area contributed by atoms with Gasteiger partial charge in [-0.15, -0.1) is 12.4 Å². The van der Waals surface area contributed by atoms with Crippen LogP contribution in [0.2, 0.25) is 5.02 Å². The van der Waals surface area contributed by atoms with Crippen LogP contribution in [0.3, 0.4) is 0 Å². The molecule has 1 fully saturated rings. The van der Waals surface area contributed by atoms with Crippen molar-refractivity contribution in [1.82, 2.24) is 5.32 Å². The molecule has 1 aliphatic heterocycles. The maximum atomic E-state index is 14.0. The highest BCUT2D eigenvalue weighted by Crippen LogP contribution is 2.34. The number of benzene rings is 2. The third kappa shape index (κ3) is 4.36. The van der Waals surface area contributed by atoms with E-state index >= 15 is 0 Å². The van der Waals surface area contributed by atoms with Crippen LogP contribution in [0.4, 0.5) is 8.78 Å². The van der Waals surface area contributed by atoms with E-state index in [1.807, 2.05) is 0 Å². The van der Waals surface area contributed by atoms with Gasteiger partial charge < -0.3 is 14.8 Å². The maximum absolute atomic E-state index is 14.0. The van der Waals surface area contributed by atoms with Gasteiger partial charge in [0.15, 0.2) is 17.7 Å². The van der Waals surface area contributed by atoms with Crippen molar-refractivity contribution in [3.63, 3.8) is 0 Å². The zero-order chi connectivity index (χ0) is 16.2. The number of para-hydroxylation sites is 1. The summed E-state index contributed by atoms with van der Waals surface area (Å²) >= 11 is 6.04. The van der Waals surface area contributed by atoms with E-state index in [4.69, 9.17) is 21.1 Å². The van der Waals surface area contributed by atoms with Crippen LogP contribution in [0.5, 0.6) is 5.75 Å². The van der Waals surface area contributed by atoms with Crippen molar-refractivity contribution in [3.8, 4) is 5.75 Å². The van der Waals surface area contributed by atoms with Gasteiger partial charge >= 0.3 is 0 Å². The molecule has 0 aliphatic carbocycles. The molecule has 2 aromatic rings. The van der Waals surface area contributed by atoms with Gasteiger partial charge in [0, 0.05) is 13.1 Å². The number of morpholine rings is 1. The van der Waals surface area contributed by atoms with Gasteiger partial charge in [-0.25, -0.2) is 8.78 Å². The molecule has 0 saturated carbocycles. The topological polar surface area (TPSA) is 30.5 Å². The zero-order valence-corrected chi connectivity index (χ0v) is 14.2. The Labute approximate surface area is 150 Å². The molecule has 1 aliphatic rings. The summed E-state index contributed by atoms with van der Waals surface area (Å²) in [6.07, 6.45) is -1.05. The van der Waals surface area contributed by atoms with Crippen molar-refractivity contribution in [2.24, 2.45) is 0 Å². The molecule has 24 heavy (non-hydrogen) atoms. The highest BCUT2D eigenvalue weighted by atomic mass is 35.5. The summed E-state index contributed by atoms with van der Waals surface area (Å²) in [5.74, 6) is -1.01. The van der Waals surface area contributed by atoms with Gasteiger partial charge in [0.25, 0.3) is 0 Å². The van der Waals surface area contributed by atoms with Crippen LogP contribution >= 0.6 is 24.0 Å². The Bertz CT molecular complexity index is 661. The molecule has 0 aromatic heterocycles. The van der Waals surface area contributed by atoms with Crippen LogP contribution in [-0.2, 0) is 4.74 Å². The quantitative estimate of drug-likeness (QED) is 0.870. The Balaban J connectivity index is 0.00000208. The first-order chi connectivity index (χ1) is 11.1. The molecule has 0 bridgehead atoms. The van der Waals surface area contributed by atoms with Crippen molar-refractivity contribution in [2.45, 2.75) is 12.2 Å². The lowest BCUT2D eigenvalue weighted by molar-refractivity contribution is -0.0443. The van der Waals surface area contributed by atoms with Gasteiger partial charge in [-0.05, 0) is 29.8 Å². The van der Waals surface area contributed by atoms with Crippen LogP contribution in [0.25, 0.3) is 0 Å². The van der Waals surface area contributed by atoms with E-state index in [0.717, 1.165) is 6.54 Å². The lowest BCUT2D eigenvalue weighted by Crippen LogP contribution is -2.43. The summed E-state index contributed by atoms with van der Waals surface area (Å²) in [5, 5.41) is 3.35. The Morgan fingerprint density at radius 3 is 2.67 bits per heavy atom. The minimum Gasteiger partial charge on any atom is -0.478 e. The maximum Gasteiger partial charge on any atom is 0.174 e. The van der Waals surface area contributed by atoms with Gasteiger partial charge in [0.1, 0.15) is 11.9 Å². The van der Waals surface area contributed by atoms with Crippen LogP contribution in [-0.4, -0.2) is 25.8 Å². The van der Waals surface area contributed by atoms with Gasteiger partial charge in [0.05, 0.1) is 11.6 Å². The Hall–Kier alpha value is -1.40. The first-order valence-corrected chi connectivity index (χ1v) is 7.71. The van der Waals surface area contributed by atoms with E-state index in [1.165, 1.54) is 24.3 Å². The standard InChI is InChI=1S/C17H16ClF2NO2.ClH/c18-13-5-2-6-14(20)17(13)23-16(15-10-21-7-8-22-15)11-3-1-4-12(19)9-11;/h1-6,9,15-16,21H,7-8,10H2;1H/t15-,16?;/m0./s1. The molecule has 130 valence electrons. The number of hydrogen-bond donors (Lipinski definition) is 1. The van der Waals surface area contributed by atoms with Crippen molar-refractivity contribution in [2.75, 3.05) is 19.7 Å². The van der Waals surface area contributed by atoms with E-state index < -0.39 is 11.9 Å². The molecule has 1 N–H and O–H groups in total. The van der Waals surface area contributed by atoms with Gasteiger partial charge in [-0.1, -0.05) is 29.8 Å². The van der Waals surface area contributed by atoms with Crippen molar-refractivity contribution < 1.29 is 18.3 Å². The minimum absolute atomic E-state index is 0. The Kier molecular flexibility index (Phi) is 6.80. The predicted molar refractivity (Wildman–Crippen MR) is 91.0 cm³/mol. The van der Waals surface area contributed by atoms with Crippen LogP contribution in [0.1, 0.15) is 11.7 Å². The van der Waals surface area contributed by atoms with Crippen LogP contribution in [0.15, 0.2) is 42.5 Å². The number of rotatable bonds is 4. The second kappa shape index (κ2) is 8.62. The van der Waals surface area contributed by atoms with Gasteiger partial charge in [-0.2, -0.15) is 0 Å². The van der Waals surface area contributed by atoms with Gasteiger partial charge in [0.2, 0.25) is 0 Å². The Morgan fingerprint density at radius 2 is 2.00 bits per heavy atom. The normalized spacial score (nSPS) is 18.5. The van der Waals surface area contributed by atoms with E-state index in [9.17, 15) is 8.78 Å². The average Bonchev–Trinajstić information content (AvgIpc) is 2.55. The average molecular weight is 376 g/mol. The second-order valence-corrected chi connectivity index (χ2v) is 5.66. The summed E-state index contributed by atoms with van der Waals surface area (Å²) in [4.78, 5) is 0. The van der Waals surface area contributed by atoms with Crippen molar-refractivity contribution in [3.05, 3.63) is 64.7 Å². The molecular weight excluding hydrogens is 359 g/mol. The summed E-state index contributed by atoms with van der Waals surface area (Å²) in [6.45, 7) is 1.75. The van der Waals surface area contributed by atoms with Crippen LogP contribution in [0, 0.1) is 11.6 Å². The molecular formula is C17H17Cl2F2NO2. The van der Waals surface area contributed by atoms with E-state index in [1.54, 1.807) is 18.2 Å². The fraction of sp³-hybridized carbons (Fsp3) is 0.294. The first-order valence-electron chi connectivity index (χ1n) is 7.33. The molecule has 1 heterocycles. The van der Waals surface area contributed by atoms with E-state index in [0.29, 0.717) is 18.7 Å².